The summed E-state index contributed by atoms with van der Waals surface area (Å²) in [6.07, 6.45) is 2.27. The Morgan fingerprint density at radius 3 is 2.67 bits per heavy atom. The predicted octanol–water partition coefficient (Wildman–Crippen LogP) is 4.09. The number of nitrogens with zero attached hydrogens (tertiary/aromatic N) is 1. The third kappa shape index (κ3) is 4.80. The van der Waals surface area contributed by atoms with Crippen LogP contribution in [0, 0.1) is 0 Å². The summed E-state index contributed by atoms with van der Waals surface area (Å²) in [6, 6.07) is 15.1. The summed E-state index contributed by atoms with van der Waals surface area (Å²) in [6.45, 7) is 3.34. The van der Waals surface area contributed by atoms with Crippen molar-refractivity contribution in [1.29, 1.82) is 0 Å². The first kappa shape index (κ1) is 19.2. The predicted molar refractivity (Wildman–Crippen MR) is 104 cm³/mol. The van der Waals surface area contributed by atoms with Crippen molar-refractivity contribution in [3.8, 4) is 11.5 Å². The van der Waals surface area contributed by atoms with Gasteiger partial charge in [0.05, 0.1) is 19.3 Å². The van der Waals surface area contributed by atoms with Crippen LogP contribution < -0.4 is 9.47 Å². The van der Waals surface area contributed by atoms with Gasteiger partial charge in [-0.3, -0.25) is 4.79 Å². The number of carbonyl (C=O) groups excluding carboxylic acids is 1. The number of methoxy groups -OCH3 is 1. The second-order valence-electron chi connectivity index (χ2n) is 6.84. The first-order valence-electron chi connectivity index (χ1n) is 9.34. The molecular weight excluding hydrogens is 342 g/mol. The highest BCUT2D eigenvalue weighted by Gasteiger charge is 2.20. The van der Waals surface area contributed by atoms with Crippen LogP contribution in [0.3, 0.4) is 0 Å². The van der Waals surface area contributed by atoms with E-state index in [-0.39, 0.29) is 18.1 Å². The van der Waals surface area contributed by atoms with Gasteiger partial charge in [-0.05, 0) is 55.7 Å². The van der Waals surface area contributed by atoms with Crippen molar-refractivity contribution in [3.63, 3.8) is 0 Å². The summed E-state index contributed by atoms with van der Waals surface area (Å²) in [5.41, 5.74) is 1.67. The summed E-state index contributed by atoms with van der Waals surface area (Å²) in [4.78, 5) is 14.7. The third-order valence-electron chi connectivity index (χ3n) is 5.04. The molecule has 1 saturated heterocycles. The highest BCUT2D eigenvalue weighted by atomic mass is 16.5. The van der Waals surface area contributed by atoms with E-state index < -0.39 is 0 Å². The highest BCUT2D eigenvalue weighted by Crippen LogP contribution is 2.24. The maximum Gasteiger partial charge on any atom is 0.254 e. The van der Waals surface area contributed by atoms with Gasteiger partial charge in [-0.15, -0.1) is 0 Å². The summed E-state index contributed by atoms with van der Waals surface area (Å²) < 4.78 is 16.6. The van der Waals surface area contributed by atoms with E-state index in [0.717, 1.165) is 30.8 Å². The minimum atomic E-state index is -0.0557. The molecule has 144 valence electrons. The van der Waals surface area contributed by atoms with Gasteiger partial charge in [0.15, 0.2) is 0 Å². The first-order valence-corrected chi connectivity index (χ1v) is 9.34. The molecule has 27 heavy (non-hydrogen) atoms. The second-order valence-corrected chi connectivity index (χ2v) is 6.84. The van der Waals surface area contributed by atoms with E-state index in [2.05, 4.69) is 0 Å². The molecule has 2 aromatic rings. The molecule has 5 nitrogen and oxygen atoms in total. The number of rotatable bonds is 7. The molecule has 2 unspecified atom stereocenters. The molecule has 0 spiro atoms. The van der Waals surface area contributed by atoms with E-state index >= 15 is 0 Å². The Kier molecular flexibility index (Phi) is 6.35. The minimum Gasteiger partial charge on any atom is -0.497 e. The van der Waals surface area contributed by atoms with Crippen molar-refractivity contribution in [2.45, 2.75) is 31.9 Å². The van der Waals surface area contributed by atoms with Crippen LogP contribution in [-0.2, 0) is 4.74 Å². The molecule has 1 heterocycles. The van der Waals surface area contributed by atoms with Gasteiger partial charge < -0.3 is 19.1 Å². The molecule has 1 fully saturated rings. The molecule has 3 rings (SSSR count). The quantitative estimate of drug-likeness (QED) is 0.738. The smallest absolute Gasteiger partial charge is 0.254 e. The molecule has 0 saturated carbocycles. The van der Waals surface area contributed by atoms with E-state index in [1.807, 2.05) is 56.4 Å². The lowest BCUT2D eigenvalue weighted by atomic mass is 10.1. The average molecular weight is 369 g/mol. The van der Waals surface area contributed by atoms with Crippen LogP contribution in [0.2, 0.25) is 0 Å². The Hall–Kier alpha value is -2.53. The summed E-state index contributed by atoms with van der Waals surface area (Å²) in [7, 11) is 3.46. The van der Waals surface area contributed by atoms with E-state index in [1.54, 1.807) is 18.1 Å². The van der Waals surface area contributed by atoms with E-state index in [0.29, 0.717) is 17.9 Å². The average Bonchev–Trinajstić information content (AvgIpc) is 3.24. The van der Waals surface area contributed by atoms with Crippen molar-refractivity contribution < 1.29 is 19.0 Å². The standard InChI is InChI=1S/C22H27NO4/c1-16(17-9-11-19(25-3)12-10-17)23(2)22(24)18-6-4-7-20(14-18)27-15-21-8-5-13-26-21/h4,6-7,9-12,14,16,21H,5,8,13,15H2,1-3H3. The summed E-state index contributed by atoms with van der Waals surface area (Å²) >= 11 is 0. The third-order valence-corrected chi connectivity index (χ3v) is 5.04. The molecule has 0 bridgehead atoms. The molecule has 0 aliphatic carbocycles. The van der Waals surface area contributed by atoms with Crippen molar-refractivity contribution in [2.75, 3.05) is 27.4 Å². The van der Waals surface area contributed by atoms with Gasteiger partial charge in [-0.2, -0.15) is 0 Å². The Morgan fingerprint density at radius 1 is 1.22 bits per heavy atom. The topological polar surface area (TPSA) is 48.0 Å². The zero-order valence-corrected chi connectivity index (χ0v) is 16.2. The molecule has 1 amide bonds. The van der Waals surface area contributed by atoms with Crippen molar-refractivity contribution >= 4 is 5.91 Å². The maximum absolute atomic E-state index is 12.9. The van der Waals surface area contributed by atoms with Crippen LogP contribution >= 0.6 is 0 Å². The normalized spacial score (nSPS) is 17.4. The van der Waals surface area contributed by atoms with E-state index in [1.165, 1.54) is 0 Å². The number of hydrogen-bond donors (Lipinski definition) is 0. The molecule has 0 N–H and O–H groups in total. The largest absolute Gasteiger partial charge is 0.497 e. The van der Waals surface area contributed by atoms with Crippen LogP contribution in [0.4, 0.5) is 0 Å². The fourth-order valence-electron chi connectivity index (χ4n) is 3.17. The maximum atomic E-state index is 12.9. The number of ether oxygens (including phenoxy) is 3. The van der Waals surface area contributed by atoms with Crippen LogP contribution in [0.25, 0.3) is 0 Å². The fourth-order valence-corrected chi connectivity index (χ4v) is 3.17. The fraction of sp³-hybridized carbons (Fsp3) is 0.409. The van der Waals surface area contributed by atoms with Crippen molar-refractivity contribution in [1.82, 2.24) is 4.90 Å². The van der Waals surface area contributed by atoms with Crippen LogP contribution in [0.5, 0.6) is 11.5 Å². The zero-order valence-electron chi connectivity index (χ0n) is 16.2. The Morgan fingerprint density at radius 2 is 2.00 bits per heavy atom. The minimum absolute atomic E-state index is 0.0408. The van der Waals surface area contributed by atoms with Gasteiger partial charge in [0.2, 0.25) is 0 Å². The van der Waals surface area contributed by atoms with Gasteiger partial charge >= 0.3 is 0 Å². The Balaban J connectivity index is 1.65. The van der Waals surface area contributed by atoms with Gasteiger partial charge in [0.25, 0.3) is 5.91 Å². The van der Waals surface area contributed by atoms with Crippen LogP contribution in [-0.4, -0.2) is 44.3 Å². The molecular formula is C22H27NO4. The summed E-state index contributed by atoms with van der Waals surface area (Å²) in [5, 5.41) is 0. The molecule has 0 aromatic heterocycles. The van der Waals surface area contributed by atoms with Gasteiger partial charge in [-0.25, -0.2) is 0 Å². The lowest BCUT2D eigenvalue weighted by molar-refractivity contribution is 0.0677. The molecule has 2 atom stereocenters. The van der Waals surface area contributed by atoms with Gasteiger partial charge in [0.1, 0.15) is 18.1 Å². The molecule has 1 aliphatic rings. The van der Waals surface area contributed by atoms with Gasteiger partial charge in [-0.1, -0.05) is 18.2 Å². The number of amides is 1. The number of hydrogen-bond acceptors (Lipinski definition) is 4. The van der Waals surface area contributed by atoms with Crippen LogP contribution in [0.1, 0.15) is 41.7 Å². The Labute approximate surface area is 160 Å². The lowest BCUT2D eigenvalue weighted by Crippen LogP contribution is -2.29. The van der Waals surface area contributed by atoms with Crippen molar-refractivity contribution in [3.05, 3.63) is 59.7 Å². The lowest BCUT2D eigenvalue weighted by Gasteiger charge is -2.26. The molecule has 2 aromatic carbocycles. The number of benzene rings is 2. The molecule has 0 radical (unpaired) electrons. The SMILES string of the molecule is COc1ccc(C(C)N(C)C(=O)c2cccc(OCC3CCCO3)c2)cc1. The molecule has 5 heteroatoms. The van der Waals surface area contributed by atoms with Gasteiger partial charge in [0, 0.05) is 19.2 Å². The zero-order chi connectivity index (χ0) is 19.2. The number of carbonyl (C=O) groups is 1. The molecule has 1 aliphatic heterocycles. The second kappa shape index (κ2) is 8.91. The van der Waals surface area contributed by atoms with E-state index in [9.17, 15) is 4.79 Å². The Bertz CT molecular complexity index is 753. The van der Waals surface area contributed by atoms with Crippen molar-refractivity contribution in [2.24, 2.45) is 0 Å². The van der Waals surface area contributed by atoms with Crippen LogP contribution in [0.15, 0.2) is 48.5 Å². The highest BCUT2D eigenvalue weighted by molar-refractivity contribution is 5.94. The monoisotopic (exact) mass is 369 g/mol. The summed E-state index contributed by atoms with van der Waals surface area (Å²) in [5.74, 6) is 1.46. The first-order chi connectivity index (χ1) is 13.1. The van der Waals surface area contributed by atoms with E-state index in [4.69, 9.17) is 14.2 Å².